The van der Waals surface area contributed by atoms with Crippen LogP contribution in [0, 0.1) is 5.92 Å². The number of hydrogen-bond donors (Lipinski definition) is 0. The van der Waals surface area contributed by atoms with Gasteiger partial charge in [0.05, 0.1) is 12.2 Å². The first-order valence-corrected chi connectivity index (χ1v) is 13.6. The molecule has 1 aliphatic heterocycles. The molecule has 0 aromatic rings. The fourth-order valence-electron chi connectivity index (χ4n) is 4.16. The summed E-state index contributed by atoms with van der Waals surface area (Å²) in [6, 6.07) is 1.16. The van der Waals surface area contributed by atoms with Gasteiger partial charge < -0.3 is 13.6 Å². The minimum Gasteiger partial charge on any atom is -0.394 e. The van der Waals surface area contributed by atoms with Crippen molar-refractivity contribution in [2.45, 2.75) is 116 Å². The smallest absolute Gasteiger partial charge is 0.334 e. The normalized spacial score (nSPS) is 25.8. The lowest BCUT2D eigenvalue weighted by molar-refractivity contribution is 0.172. The summed E-state index contributed by atoms with van der Waals surface area (Å²) in [4.78, 5) is 0. The van der Waals surface area contributed by atoms with Gasteiger partial charge in [0.1, 0.15) is 0 Å². The molecule has 25 heavy (non-hydrogen) atoms. The van der Waals surface area contributed by atoms with E-state index in [2.05, 4.69) is 20.4 Å². The minimum absolute atomic E-state index is 0.655. The molecule has 0 spiro atoms. The molecule has 0 aromatic carbocycles. The maximum absolute atomic E-state index is 6.11. The molecule has 2 fully saturated rings. The number of epoxide rings is 1. The zero-order valence-electron chi connectivity index (χ0n) is 17.1. The van der Waals surface area contributed by atoms with Crippen LogP contribution in [-0.4, -0.2) is 34.0 Å². The summed E-state index contributed by atoms with van der Waals surface area (Å²) in [5, 5.41) is 0. The first kappa shape index (κ1) is 21.4. The van der Waals surface area contributed by atoms with Gasteiger partial charge in [-0.15, -0.1) is 0 Å². The largest absolute Gasteiger partial charge is 0.394 e. The van der Waals surface area contributed by atoms with E-state index in [0.717, 1.165) is 38.0 Å². The molecule has 1 aliphatic carbocycles. The molecule has 0 N–H and O–H groups in total. The molecule has 1 heterocycles. The molecule has 1 saturated heterocycles. The summed E-state index contributed by atoms with van der Waals surface area (Å²) in [5.41, 5.74) is 0. The van der Waals surface area contributed by atoms with Gasteiger partial charge in [-0.3, -0.25) is 0 Å². The molecular weight excluding hydrogens is 328 g/mol. The van der Waals surface area contributed by atoms with E-state index in [-0.39, 0.29) is 0 Å². The Hall–Kier alpha value is 0.0969. The van der Waals surface area contributed by atoms with Crippen LogP contribution in [0.5, 0.6) is 0 Å². The zero-order valence-corrected chi connectivity index (χ0v) is 18.1. The number of hydrogen-bond acceptors (Lipinski definition) is 3. The highest BCUT2D eigenvalue weighted by molar-refractivity contribution is 6.66. The molecule has 3 unspecified atom stereocenters. The molecule has 0 radical (unpaired) electrons. The molecule has 0 aromatic heterocycles. The molecule has 0 bridgehead atoms. The van der Waals surface area contributed by atoms with Crippen LogP contribution in [0.2, 0.25) is 12.6 Å². The molecule has 148 valence electrons. The third-order valence-electron chi connectivity index (χ3n) is 5.83. The Labute approximate surface area is 157 Å². The Balaban J connectivity index is 1.44. The number of rotatable bonds is 15. The van der Waals surface area contributed by atoms with Crippen LogP contribution < -0.4 is 0 Å². The number of unbranched alkanes of at least 4 members (excludes halogenated alkanes) is 5. The third-order valence-corrected chi connectivity index (χ3v) is 8.72. The van der Waals surface area contributed by atoms with E-state index < -0.39 is 8.56 Å². The predicted octanol–water partition coefficient (Wildman–Crippen LogP) is 6.21. The van der Waals surface area contributed by atoms with Crippen LogP contribution in [-0.2, 0) is 13.6 Å². The summed E-state index contributed by atoms with van der Waals surface area (Å²) >= 11 is 0. The topological polar surface area (TPSA) is 31.0 Å². The Kier molecular flexibility index (Phi) is 10.0. The molecule has 3 atom stereocenters. The van der Waals surface area contributed by atoms with Crippen molar-refractivity contribution >= 4 is 8.56 Å². The number of fused-ring (bicyclic) bond motifs is 1. The van der Waals surface area contributed by atoms with Crippen LogP contribution in [0.3, 0.4) is 0 Å². The van der Waals surface area contributed by atoms with Gasteiger partial charge >= 0.3 is 8.56 Å². The zero-order chi connectivity index (χ0) is 18.0. The van der Waals surface area contributed by atoms with Crippen LogP contribution in [0.15, 0.2) is 0 Å². The van der Waals surface area contributed by atoms with Gasteiger partial charge in [-0.25, -0.2) is 0 Å². The second-order valence-electron chi connectivity index (χ2n) is 8.38. The Morgan fingerprint density at radius 3 is 2.12 bits per heavy atom. The molecule has 2 rings (SSSR count). The van der Waals surface area contributed by atoms with Gasteiger partial charge in [0.25, 0.3) is 0 Å². The van der Waals surface area contributed by atoms with E-state index >= 15 is 0 Å². The lowest BCUT2D eigenvalue weighted by atomic mass is 9.85. The third kappa shape index (κ3) is 8.55. The average Bonchev–Trinajstić information content (AvgIpc) is 3.39. The summed E-state index contributed by atoms with van der Waals surface area (Å²) in [7, 11) is -1.90. The van der Waals surface area contributed by atoms with Gasteiger partial charge in [0.2, 0.25) is 0 Å². The van der Waals surface area contributed by atoms with Crippen LogP contribution in [0.1, 0.15) is 90.9 Å². The van der Waals surface area contributed by atoms with Crippen molar-refractivity contribution in [1.29, 1.82) is 0 Å². The van der Waals surface area contributed by atoms with Crippen molar-refractivity contribution in [2.75, 3.05) is 13.2 Å². The average molecular weight is 371 g/mol. The van der Waals surface area contributed by atoms with E-state index in [1.54, 1.807) is 0 Å². The summed E-state index contributed by atoms with van der Waals surface area (Å²) in [5.74, 6) is 0.960. The number of ether oxygens (including phenoxy) is 1. The summed E-state index contributed by atoms with van der Waals surface area (Å²) in [6.07, 6.45) is 17.3. The first-order chi connectivity index (χ1) is 12.2. The van der Waals surface area contributed by atoms with Crippen molar-refractivity contribution in [3.63, 3.8) is 0 Å². The standard InChI is InChI=1S/C21H42O3Si/c1-4-15-22-25(3,23-16-5-2)17-11-9-7-6-8-10-12-19-13-14-20-21(18-19)24-20/h19-21H,4-18H2,1-3H3. The second kappa shape index (κ2) is 11.7. The van der Waals surface area contributed by atoms with Crippen molar-refractivity contribution in [1.82, 2.24) is 0 Å². The second-order valence-corrected chi connectivity index (χ2v) is 11.7. The highest BCUT2D eigenvalue weighted by Crippen LogP contribution is 2.41. The van der Waals surface area contributed by atoms with E-state index in [9.17, 15) is 0 Å². The maximum atomic E-state index is 6.11. The highest BCUT2D eigenvalue weighted by Gasteiger charge is 2.43. The molecular formula is C21H42O3Si. The monoisotopic (exact) mass is 370 g/mol. The van der Waals surface area contributed by atoms with Crippen LogP contribution in [0.4, 0.5) is 0 Å². The Morgan fingerprint density at radius 1 is 0.840 bits per heavy atom. The van der Waals surface area contributed by atoms with Gasteiger partial charge in [0, 0.05) is 13.2 Å². The van der Waals surface area contributed by atoms with Gasteiger partial charge in [-0.2, -0.15) is 0 Å². The van der Waals surface area contributed by atoms with Gasteiger partial charge in [-0.05, 0) is 50.6 Å². The van der Waals surface area contributed by atoms with E-state index in [4.69, 9.17) is 13.6 Å². The van der Waals surface area contributed by atoms with Crippen molar-refractivity contribution in [3.8, 4) is 0 Å². The summed E-state index contributed by atoms with van der Waals surface area (Å²) < 4.78 is 17.9. The quantitative estimate of drug-likeness (QED) is 0.195. The van der Waals surface area contributed by atoms with Gasteiger partial charge in [-0.1, -0.05) is 58.8 Å². The van der Waals surface area contributed by atoms with E-state index in [1.807, 2.05) is 0 Å². The van der Waals surface area contributed by atoms with Gasteiger partial charge in [0.15, 0.2) is 0 Å². The minimum atomic E-state index is -1.90. The first-order valence-electron chi connectivity index (χ1n) is 11.1. The molecule has 3 nitrogen and oxygen atoms in total. The van der Waals surface area contributed by atoms with Crippen LogP contribution in [0.25, 0.3) is 0 Å². The SMILES string of the molecule is CCCO[Si](C)(CCCCCCCCC1CCC2OC2C1)OCCC. The van der Waals surface area contributed by atoms with Crippen molar-refractivity contribution in [2.24, 2.45) is 5.92 Å². The Bertz CT molecular complexity index is 342. The fraction of sp³-hybridized carbons (Fsp3) is 1.00. The van der Waals surface area contributed by atoms with Crippen molar-refractivity contribution in [3.05, 3.63) is 0 Å². The summed E-state index contributed by atoms with van der Waals surface area (Å²) in [6.45, 7) is 8.34. The molecule has 4 heteroatoms. The van der Waals surface area contributed by atoms with Crippen LogP contribution >= 0.6 is 0 Å². The lowest BCUT2D eigenvalue weighted by Gasteiger charge is -2.27. The fourth-order valence-corrected chi connectivity index (χ4v) is 6.69. The maximum Gasteiger partial charge on any atom is 0.334 e. The lowest BCUT2D eigenvalue weighted by Crippen LogP contribution is -2.39. The predicted molar refractivity (Wildman–Crippen MR) is 107 cm³/mol. The molecule has 0 amide bonds. The van der Waals surface area contributed by atoms with E-state index in [1.165, 1.54) is 64.2 Å². The molecule has 2 aliphatic rings. The Morgan fingerprint density at radius 2 is 1.48 bits per heavy atom. The van der Waals surface area contributed by atoms with Crippen molar-refractivity contribution < 1.29 is 13.6 Å². The van der Waals surface area contributed by atoms with E-state index in [0.29, 0.717) is 12.2 Å². The molecule has 1 saturated carbocycles. The highest BCUT2D eigenvalue weighted by atomic mass is 28.4.